The maximum absolute atomic E-state index is 11.0. The lowest BCUT2D eigenvalue weighted by Crippen LogP contribution is -2.08. The van der Waals surface area contributed by atoms with Gasteiger partial charge in [0, 0.05) is 4.47 Å². The fourth-order valence-electron chi connectivity index (χ4n) is 1.21. The molecule has 1 aromatic carbocycles. The number of hydrogen-bond acceptors (Lipinski definition) is 3. The predicted octanol–water partition coefficient (Wildman–Crippen LogP) is 2.92. The Morgan fingerprint density at radius 2 is 2.25 bits per heavy atom. The molecule has 3 nitrogen and oxygen atoms in total. The number of halogens is 1. The van der Waals surface area contributed by atoms with Gasteiger partial charge in [0.25, 0.3) is 0 Å². The first-order valence-corrected chi connectivity index (χ1v) is 5.99. The summed E-state index contributed by atoms with van der Waals surface area (Å²) in [7, 11) is 0. The van der Waals surface area contributed by atoms with Crippen LogP contribution in [0.5, 0.6) is 0 Å². The van der Waals surface area contributed by atoms with E-state index in [4.69, 9.17) is 9.47 Å². The molecule has 0 unspecified atom stereocenters. The largest absolute Gasteiger partial charge is 0.466 e. The van der Waals surface area contributed by atoms with Crippen molar-refractivity contribution >= 4 is 21.9 Å². The van der Waals surface area contributed by atoms with E-state index < -0.39 is 0 Å². The predicted molar refractivity (Wildman–Crippen MR) is 65.0 cm³/mol. The molecule has 0 spiro atoms. The highest BCUT2D eigenvalue weighted by Gasteiger charge is 2.01. The van der Waals surface area contributed by atoms with E-state index in [0.717, 1.165) is 10.0 Å². The molecule has 0 bridgehead atoms. The summed E-state index contributed by atoms with van der Waals surface area (Å²) in [5.74, 6) is -0.211. The summed E-state index contributed by atoms with van der Waals surface area (Å²) in [6, 6.07) is 7.88. The molecular weight excluding hydrogens is 272 g/mol. The Hall–Kier alpha value is -0.870. The Balaban J connectivity index is 2.18. The Morgan fingerprint density at radius 1 is 1.44 bits per heavy atom. The van der Waals surface area contributed by atoms with Gasteiger partial charge in [-0.25, -0.2) is 0 Å². The van der Waals surface area contributed by atoms with E-state index in [2.05, 4.69) is 15.9 Å². The van der Waals surface area contributed by atoms with Gasteiger partial charge in [-0.2, -0.15) is 0 Å². The molecule has 0 atom stereocenters. The van der Waals surface area contributed by atoms with Crippen LogP contribution < -0.4 is 0 Å². The monoisotopic (exact) mass is 286 g/mol. The summed E-state index contributed by atoms with van der Waals surface area (Å²) in [5.41, 5.74) is 1.08. The van der Waals surface area contributed by atoms with E-state index in [0.29, 0.717) is 26.2 Å². The second kappa shape index (κ2) is 7.41. The van der Waals surface area contributed by atoms with Crippen LogP contribution in [0.25, 0.3) is 0 Å². The summed E-state index contributed by atoms with van der Waals surface area (Å²) in [6.07, 6.45) is 0.307. The van der Waals surface area contributed by atoms with Gasteiger partial charge in [-0.15, -0.1) is 0 Å². The molecule has 88 valence electrons. The summed E-state index contributed by atoms with van der Waals surface area (Å²) < 4.78 is 11.2. The molecule has 1 aromatic rings. The van der Waals surface area contributed by atoms with E-state index in [1.165, 1.54) is 0 Å². The molecule has 0 fully saturated rings. The summed E-state index contributed by atoms with van der Waals surface area (Å²) in [4.78, 5) is 11.0. The van der Waals surface area contributed by atoms with Crippen LogP contribution in [0.1, 0.15) is 18.9 Å². The maximum atomic E-state index is 11.0. The zero-order chi connectivity index (χ0) is 11.8. The Bertz CT molecular complexity index is 339. The fourth-order valence-corrected chi connectivity index (χ4v) is 1.65. The van der Waals surface area contributed by atoms with Crippen LogP contribution in [-0.4, -0.2) is 19.2 Å². The third-order valence-electron chi connectivity index (χ3n) is 1.91. The number of carbonyl (C=O) groups excluding carboxylic acids is 1. The van der Waals surface area contributed by atoms with Crippen molar-refractivity contribution in [3.8, 4) is 0 Å². The number of ether oxygens (including phenoxy) is 2. The molecule has 0 aliphatic carbocycles. The summed E-state index contributed by atoms with van der Waals surface area (Å²) in [5, 5.41) is 0. The molecule has 0 N–H and O–H groups in total. The SMILES string of the molecule is CCOC(=O)CCOCc1cccc(Br)c1. The Morgan fingerprint density at radius 3 is 2.94 bits per heavy atom. The van der Waals surface area contributed by atoms with Crippen molar-refractivity contribution in [3.05, 3.63) is 34.3 Å². The second-order valence-corrected chi connectivity index (χ2v) is 4.15. The number of esters is 1. The number of rotatable bonds is 6. The van der Waals surface area contributed by atoms with Gasteiger partial charge < -0.3 is 9.47 Å². The topological polar surface area (TPSA) is 35.5 Å². The fraction of sp³-hybridized carbons (Fsp3) is 0.417. The van der Waals surface area contributed by atoms with Crippen molar-refractivity contribution in [2.45, 2.75) is 20.0 Å². The normalized spacial score (nSPS) is 10.1. The molecule has 0 aliphatic heterocycles. The van der Waals surface area contributed by atoms with E-state index in [1.807, 2.05) is 24.3 Å². The molecule has 0 saturated carbocycles. The Labute approximate surface area is 104 Å². The maximum Gasteiger partial charge on any atom is 0.308 e. The number of carbonyl (C=O) groups is 1. The zero-order valence-electron chi connectivity index (χ0n) is 9.24. The van der Waals surface area contributed by atoms with E-state index in [1.54, 1.807) is 6.92 Å². The van der Waals surface area contributed by atoms with Gasteiger partial charge in [-0.05, 0) is 24.6 Å². The van der Waals surface area contributed by atoms with Crippen LogP contribution in [0.2, 0.25) is 0 Å². The van der Waals surface area contributed by atoms with Crippen LogP contribution in [0.4, 0.5) is 0 Å². The van der Waals surface area contributed by atoms with Crippen LogP contribution in [-0.2, 0) is 20.9 Å². The minimum atomic E-state index is -0.211. The summed E-state index contributed by atoms with van der Waals surface area (Å²) >= 11 is 3.39. The van der Waals surface area contributed by atoms with Gasteiger partial charge in [0.15, 0.2) is 0 Å². The average Bonchev–Trinajstić information content (AvgIpc) is 2.25. The number of benzene rings is 1. The standard InChI is InChI=1S/C12H15BrO3/c1-2-16-12(14)6-7-15-9-10-4-3-5-11(13)8-10/h3-5,8H,2,6-7,9H2,1H3. The van der Waals surface area contributed by atoms with Crippen LogP contribution >= 0.6 is 15.9 Å². The van der Waals surface area contributed by atoms with Gasteiger partial charge >= 0.3 is 5.97 Å². The van der Waals surface area contributed by atoms with Gasteiger partial charge in [-0.3, -0.25) is 4.79 Å². The smallest absolute Gasteiger partial charge is 0.308 e. The van der Waals surface area contributed by atoms with Crippen molar-refractivity contribution in [3.63, 3.8) is 0 Å². The lowest BCUT2D eigenvalue weighted by molar-refractivity contribution is -0.144. The van der Waals surface area contributed by atoms with Crippen LogP contribution in [0.3, 0.4) is 0 Å². The highest BCUT2D eigenvalue weighted by molar-refractivity contribution is 9.10. The summed E-state index contributed by atoms with van der Waals surface area (Å²) in [6.45, 7) is 3.12. The van der Waals surface area contributed by atoms with E-state index in [-0.39, 0.29) is 5.97 Å². The molecule has 0 saturated heterocycles. The third kappa shape index (κ3) is 5.28. The van der Waals surface area contributed by atoms with Crippen molar-refractivity contribution in [1.29, 1.82) is 0 Å². The van der Waals surface area contributed by atoms with Gasteiger partial charge in [0.2, 0.25) is 0 Å². The Kier molecular flexibility index (Phi) is 6.11. The first-order chi connectivity index (χ1) is 7.72. The van der Waals surface area contributed by atoms with Crippen molar-refractivity contribution in [2.75, 3.05) is 13.2 Å². The lowest BCUT2D eigenvalue weighted by Gasteiger charge is -2.04. The van der Waals surface area contributed by atoms with Crippen LogP contribution in [0.15, 0.2) is 28.7 Å². The van der Waals surface area contributed by atoms with E-state index >= 15 is 0 Å². The van der Waals surface area contributed by atoms with Crippen molar-refractivity contribution in [1.82, 2.24) is 0 Å². The van der Waals surface area contributed by atoms with Gasteiger partial charge in [0.1, 0.15) is 0 Å². The zero-order valence-corrected chi connectivity index (χ0v) is 10.8. The average molecular weight is 287 g/mol. The second-order valence-electron chi connectivity index (χ2n) is 3.24. The minimum absolute atomic E-state index is 0.211. The highest BCUT2D eigenvalue weighted by atomic mass is 79.9. The molecule has 0 radical (unpaired) electrons. The molecule has 0 aliphatic rings. The van der Waals surface area contributed by atoms with Gasteiger partial charge in [0.05, 0.1) is 26.2 Å². The molecule has 1 rings (SSSR count). The van der Waals surface area contributed by atoms with E-state index in [9.17, 15) is 4.79 Å². The highest BCUT2D eigenvalue weighted by Crippen LogP contribution is 2.12. The lowest BCUT2D eigenvalue weighted by atomic mass is 10.2. The van der Waals surface area contributed by atoms with Crippen molar-refractivity contribution in [2.24, 2.45) is 0 Å². The van der Waals surface area contributed by atoms with Crippen molar-refractivity contribution < 1.29 is 14.3 Å². The minimum Gasteiger partial charge on any atom is -0.466 e. The molecule has 16 heavy (non-hydrogen) atoms. The molecule has 0 heterocycles. The first kappa shape index (κ1) is 13.2. The quantitative estimate of drug-likeness (QED) is 0.596. The molecule has 0 amide bonds. The first-order valence-electron chi connectivity index (χ1n) is 5.20. The van der Waals surface area contributed by atoms with Crippen LogP contribution in [0, 0.1) is 0 Å². The molecule has 4 heteroatoms. The molecule has 0 aromatic heterocycles. The molecular formula is C12H15BrO3. The van der Waals surface area contributed by atoms with Gasteiger partial charge in [-0.1, -0.05) is 28.1 Å². The third-order valence-corrected chi connectivity index (χ3v) is 2.41. The number of hydrogen-bond donors (Lipinski definition) is 0.